The van der Waals surface area contributed by atoms with E-state index in [1.807, 2.05) is 0 Å². The van der Waals surface area contributed by atoms with E-state index >= 15 is 0 Å². The van der Waals surface area contributed by atoms with E-state index in [1.54, 1.807) is 0 Å². The molecule has 1 aromatic rings. The summed E-state index contributed by atoms with van der Waals surface area (Å²) in [7, 11) is 0. The molecule has 0 aromatic heterocycles. The summed E-state index contributed by atoms with van der Waals surface area (Å²) in [6.45, 7) is 7.71. The number of hydrogen-bond acceptors (Lipinski definition) is 2. The van der Waals surface area contributed by atoms with Crippen molar-refractivity contribution in [2.75, 3.05) is 5.43 Å². The summed E-state index contributed by atoms with van der Waals surface area (Å²) < 4.78 is 0. The molecule has 0 aliphatic rings. The van der Waals surface area contributed by atoms with Crippen molar-refractivity contribution in [3.05, 3.63) is 29.3 Å². The highest BCUT2D eigenvalue weighted by atomic mass is 15.3. The number of rotatable bonds is 5. The molecule has 2 nitrogen and oxygen atoms in total. The first-order valence-corrected chi connectivity index (χ1v) is 5.09. The molecule has 0 radical (unpaired) electrons. The van der Waals surface area contributed by atoms with Crippen molar-refractivity contribution < 1.29 is 1.43 Å². The molecule has 0 saturated heterocycles. The highest BCUT2D eigenvalue weighted by Gasteiger charge is 1.98. The molecule has 2 heteroatoms. The third kappa shape index (κ3) is 2.87. The van der Waals surface area contributed by atoms with Crippen LogP contribution >= 0.6 is 0 Å². The second-order valence-electron chi connectivity index (χ2n) is 3.52. The largest absolute Gasteiger partial charge is 0.279 e. The van der Waals surface area contributed by atoms with Gasteiger partial charge in [0.25, 0.3) is 0 Å². The minimum atomic E-state index is 0. The summed E-state index contributed by atoms with van der Waals surface area (Å²) in [5.41, 5.74) is 6.54. The molecule has 78 valence electrons. The fourth-order valence-corrected chi connectivity index (χ4v) is 1.47. The van der Waals surface area contributed by atoms with Gasteiger partial charge in [-0.15, -0.1) is 0 Å². The number of hydrogen-bond donors (Lipinski definition) is 1. The smallest absolute Gasteiger partial charge is 0.0590 e. The van der Waals surface area contributed by atoms with Gasteiger partial charge in [-0.05, 0) is 37.0 Å². The van der Waals surface area contributed by atoms with E-state index in [4.69, 9.17) is 0 Å². The van der Waals surface area contributed by atoms with E-state index < -0.39 is 0 Å². The van der Waals surface area contributed by atoms with Crippen molar-refractivity contribution >= 4 is 12.4 Å². The van der Waals surface area contributed by atoms with Crippen molar-refractivity contribution in [3.63, 3.8) is 0 Å². The van der Waals surface area contributed by atoms with Crippen LogP contribution in [0.25, 0.3) is 0 Å². The first-order valence-electron chi connectivity index (χ1n) is 5.09. The van der Waals surface area contributed by atoms with Gasteiger partial charge >= 0.3 is 0 Å². The fourth-order valence-electron chi connectivity index (χ4n) is 1.47. The molecule has 0 aliphatic heterocycles. The van der Waals surface area contributed by atoms with Gasteiger partial charge in [-0.1, -0.05) is 25.5 Å². The summed E-state index contributed by atoms with van der Waals surface area (Å²) in [4.78, 5) is 0. The minimum absolute atomic E-state index is 0. The lowest BCUT2D eigenvalue weighted by molar-refractivity contribution is 0.794. The van der Waals surface area contributed by atoms with Crippen LogP contribution in [0.2, 0.25) is 0 Å². The Hall–Kier alpha value is -1.31. The van der Waals surface area contributed by atoms with Crippen LogP contribution in [0.15, 0.2) is 23.3 Å². The molecule has 0 aliphatic carbocycles. The molecule has 0 atom stereocenters. The zero-order valence-corrected chi connectivity index (χ0v) is 9.01. The summed E-state index contributed by atoms with van der Waals surface area (Å²) in [5.74, 6) is 0. The van der Waals surface area contributed by atoms with Gasteiger partial charge in [0.05, 0.1) is 5.69 Å². The van der Waals surface area contributed by atoms with Gasteiger partial charge in [-0.2, -0.15) is 5.10 Å². The predicted molar refractivity (Wildman–Crippen MR) is 65.1 cm³/mol. The number of nitrogens with one attached hydrogen (secondary N) is 1. The van der Waals surface area contributed by atoms with Gasteiger partial charge in [0, 0.05) is 8.14 Å². The molecule has 14 heavy (non-hydrogen) atoms. The van der Waals surface area contributed by atoms with Gasteiger partial charge in [0.1, 0.15) is 0 Å². The lowest BCUT2D eigenvalue weighted by atomic mass is 10.0. The van der Waals surface area contributed by atoms with Crippen LogP contribution < -0.4 is 5.43 Å². The Morgan fingerprint density at radius 1 is 1.50 bits per heavy atom. The van der Waals surface area contributed by atoms with Crippen molar-refractivity contribution in [2.24, 2.45) is 5.10 Å². The Morgan fingerprint density at radius 3 is 2.86 bits per heavy atom. The lowest BCUT2D eigenvalue weighted by Crippen LogP contribution is -1.92. The Balaban J connectivity index is 0.00000196. The summed E-state index contributed by atoms with van der Waals surface area (Å²) >= 11 is 0. The molecule has 0 heterocycles. The number of unbranched alkanes of at least 4 members (excludes halogenated alkanes) is 1. The average molecular weight is 192 g/mol. The van der Waals surface area contributed by atoms with Gasteiger partial charge in [-0.25, -0.2) is 0 Å². The van der Waals surface area contributed by atoms with Crippen molar-refractivity contribution in [1.82, 2.24) is 0 Å². The number of hydrazone groups is 1. The molecule has 1 rings (SSSR count). The molecular weight excluding hydrogens is 172 g/mol. The summed E-state index contributed by atoms with van der Waals surface area (Å²) in [6, 6.07) is 6.42. The SMILES string of the molecule is C=NNc1ccc(CCCC)cc1C.[HH]. The minimum Gasteiger partial charge on any atom is -0.279 e. The molecule has 0 fully saturated rings. The van der Waals surface area contributed by atoms with Gasteiger partial charge in [0.2, 0.25) is 0 Å². The van der Waals surface area contributed by atoms with Crippen LogP contribution in [0.1, 0.15) is 32.3 Å². The highest BCUT2D eigenvalue weighted by molar-refractivity contribution is 5.52. The van der Waals surface area contributed by atoms with Gasteiger partial charge < -0.3 is 0 Å². The summed E-state index contributed by atoms with van der Waals surface area (Å²) in [6.07, 6.45) is 3.67. The molecule has 0 saturated carbocycles. The van der Waals surface area contributed by atoms with Crippen LogP contribution in [-0.2, 0) is 6.42 Å². The first kappa shape index (κ1) is 10.8. The topological polar surface area (TPSA) is 24.4 Å². The van der Waals surface area contributed by atoms with Crippen LogP contribution in [0.4, 0.5) is 5.69 Å². The van der Waals surface area contributed by atoms with Crippen LogP contribution in [0.5, 0.6) is 0 Å². The molecule has 1 N–H and O–H groups in total. The maximum atomic E-state index is 3.66. The normalized spacial score (nSPS) is 9.86. The Bertz CT molecular complexity index is 310. The van der Waals surface area contributed by atoms with E-state index in [1.165, 1.54) is 30.4 Å². The maximum Gasteiger partial charge on any atom is 0.0590 e. The average Bonchev–Trinajstić information content (AvgIpc) is 2.19. The molecule has 0 bridgehead atoms. The monoisotopic (exact) mass is 192 g/mol. The molecule has 0 unspecified atom stereocenters. The lowest BCUT2D eigenvalue weighted by Gasteiger charge is -2.07. The second-order valence-corrected chi connectivity index (χ2v) is 3.52. The number of aryl methyl sites for hydroxylation is 2. The Labute approximate surface area is 87.5 Å². The molecule has 0 spiro atoms. The quantitative estimate of drug-likeness (QED) is 0.559. The van der Waals surface area contributed by atoms with Crippen LogP contribution in [0, 0.1) is 6.92 Å². The predicted octanol–water partition coefficient (Wildman–Crippen LogP) is 3.61. The molecular formula is C12H20N2. The van der Waals surface area contributed by atoms with Gasteiger partial charge in [0.15, 0.2) is 0 Å². The third-order valence-electron chi connectivity index (χ3n) is 2.31. The molecule has 1 aromatic carbocycles. The van der Waals surface area contributed by atoms with E-state index in [2.05, 4.69) is 49.3 Å². The second kappa shape index (κ2) is 5.43. The van der Waals surface area contributed by atoms with Gasteiger partial charge in [-0.3, -0.25) is 5.43 Å². The van der Waals surface area contributed by atoms with Crippen LogP contribution in [0.3, 0.4) is 0 Å². The van der Waals surface area contributed by atoms with Crippen molar-refractivity contribution in [3.8, 4) is 0 Å². The Morgan fingerprint density at radius 2 is 2.29 bits per heavy atom. The first-order chi connectivity index (χ1) is 6.77. The number of anilines is 1. The number of nitrogens with zero attached hydrogens (tertiary/aromatic N) is 1. The van der Waals surface area contributed by atoms with Crippen LogP contribution in [-0.4, -0.2) is 6.72 Å². The zero-order chi connectivity index (χ0) is 10.4. The Kier molecular flexibility index (Phi) is 4.17. The highest BCUT2D eigenvalue weighted by Crippen LogP contribution is 2.17. The standard InChI is InChI=1S/C12H18N2.H2/c1-4-5-6-11-7-8-12(14-13-3)10(2)9-11;/h7-9,14H,3-6H2,1-2H3;1H. The number of benzene rings is 1. The van der Waals surface area contributed by atoms with Crippen molar-refractivity contribution in [1.29, 1.82) is 0 Å². The van der Waals surface area contributed by atoms with E-state index in [0.717, 1.165) is 5.69 Å². The van der Waals surface area contributed by atoms with Crippen molar-refractivity contribution in [2.45, 2.75) is 33.1 Å². The van der Waals surface area contributed by atoms with E-state index in [0.29, 0.717) is 0 Å². The third-order valence-corrected chi connectivity index (χ3v) is 2.31. The maximum absolute atomic E-state index is 3.66. The fraction of sp³-hybridized carbons (Fsp3) is 0.417. The molecule has 0 amide bonds. The summed E-state index contributed by atoms with van der Waals surface area (Å²) in [5, 5.41) is 3.66. The van der Waals surface area contributed by atoms with E-state index in [-0.39, 0.29) is 1.43 Å². The zero-order valence-electron chi connectivity index (χ0n) is 9.01. The van der Waals surface area contributed by atoms with E-state index in [9.17, 15) is 0 Å².